The van der Waals surface area contributed by atoms with E-state index in [2.05, 4.69) is 4.98 Å². The highest BCUT2D eigenvalue weighted by atomic mass is 16.7. The number of quaternary nitrogens is 1. The van der Waals surface area contributed by atoms with Crippen molar-refractivity contribution >= 4 is 0 Å². The van der Waals surface area contributed by atoms with Crippen LogP contribution in [0, 0.1) is 0 Å². The molecule has 0 fully saturated rings. The lowest BCUT2D eigenvalue weighted by atomic mass is 9.87. The van der Waals surface area contributed by atoms with E-state index in [4.69, 9.17) is 18.9 Å². The highest BCUT2D eigenvalue weighted by Crippen LogP contribution is 2.48. The van der Waals surface area contributed by atoms with Gasteiger partial charge in [0.15, 0.2) is 11.5 Å². The number of ether oxygens (including phenoxy) is 4. The topological polar surface area (TPSA) is 119 Å². The third-order valence-corrected chi connectivity index (χ3v) is 6.22. The largest absolute Gasteiger partial charge is 0.859 e. The molecule has 5 rings (SSSR count). The standard InChI is InChI=1S/C23H23N3O7/c1-25-8-7-12-9-15-19(33-11-32-15)20(31-3)16(12)18(25)17-21(27)24-23(29)26(22(17)28)13-5-4-6-14(10-13)30-2/h4-6,9-10,18,28H,7-8,11H2,1-3H3,(H,24,27,29). The van der Waals surface area contributed by atoms with Crippen molar-refractivity contribution in [2.45, 2.75) is 12.5 Å². The first kappa shape index (κ1) is 21.0. The summed E-state index contributed by atoms with van der Waals surface area (Å²) in [5, 5.41) is 13.7. The number of likely N-dealkylation sites (N-methyl/N-ethyl adjacent to an activating group) is 1. The van der Waals surface area contributed by atoms with Crippen LogP contribution in [-0.2, 0) is 6.42 Å². The molecule has 2 atom stereocenters. The van der Waals surface area contributed by atoms with E-state index in [1.165, 1.54) is 14.2 Å². The monoisotopic (exact) mass is 453 g/mol. The molecule has 2 N–H and O–H groups in total. The molecule has 2 aliphatic rings. The summed E-state index contributed by atoms with van der Waals surface area (Å²) in [5.74, 6) is 1.24. The molecule has 10 nitrogen and oxygen atoms in total. The fourth-order valence-electron chi connectivity index (χ4n) is 4.69. The minimum atomic E-state index is -0.812. The van der Waals surface area contributed by atoms with Crippen LogP contribution >= 0.6 is 0 Å². The number of H-pyrrole nitrogens is 1. The molecule has 2 aliphatic heterocycles. The number of aromatic nitrogens is 2. The SMILES string of the molecule is COc1cccc(-n2c([O-])c(C3c4c(cc5c(c4OC)OCO5)CC[NH+]3C)c(=O)[nH]c2=O)c1. The van der Waals surface area contributed by atoms with Crippen LogP contribution < -0.4 is 40.2 Å². The highest BCUT2D eigenvalue weighted by Gasteiger charge is 2.39. The molecule has 3 heterocycles. The summed E-state index contributed by atoms with van der Waals surface area (Å²) in [6.45, 7) is 0.730. The maximum absolute atomic E-state index is 13.7. The van der Waals surface area contributed by atoms with Crippen molar-refractivity contribution in [2.24, 2.45) is 0 Å². The molecule has 2 aromatic carbocycles. The maximum atomic E-state index is 13.7. The summed E-state index contributed by atoms with van der Waals surface area (Å²) >= 11 is 0. The lowest BCUT2D eigenvalue weighted by Crippen LogP contribution is -3.10. The average Bonchev–Trinajstić information content (AvgIpc) is 3.27. The van der Waals surface area contributed by atoms with Crippen molar-refractivity contribution in [1.29, 1.82) is 0 Å². The van der Waals surface area contributed by atoms with E-state index in [0.717, 1.165) is 15.0 Å². The Morgan fingerprint density at radius 3 is 2.73 bits per heavy atom. The first-order valence-corrected chi connectivity index (χ1v) is 10.5. The molecule has 0 amide bonds. The smallest absolute Gasteiger partial charge is 0.332 e. The molecule has 172 valence electrons. The fraction of sp³-hybridized carbons (Fsp3) is 0.304. The number of rotatable bonds is 4. The van der Waals surface area contributed by atoms with Crippen LogP contribution in [0.25, 0.3) is 5.69 Å². The summed E-state index contributed by atoms with van der Waals surface area (Å²) in [6.07, 6.45) is 0.701. The number of nitrogens with one attached hydrogen (secondary N) is 2. The Morgan fingerprint density at radius 1 is 1.15 bits per heavy atom. The number of hydrogen-bond donors (Lipinski definition) is 2. The van der Waals surface area contributed by atoms with E-state index in [0.29, 0.717) is 47.2 Å². The van der Waals surface area contributed by atoms with Gasteiger partial charge in [-0.05, 0) is 29.6 Å². The zero-order chi connectivity index (χ0) is 23.3. The second-order valence-electron chi connectivity index (χ2n) is 8.01. The molecular formula is C23H23N3O7. The molecule has 0 saturated heterocycles. The van der Waals surface area contributed by atoms with Gasteiger partial charge in [-0.1, -0.05) is 6.07 Å². The first-order chi connectivity index (χ1) is 15.9. The van der Waals surface area contributed by atoms with E-state index in [1.807, 2.05) is 13.1 Å². The summed E-state index contributed by atoms with van der Waals surface area (Å²) < 4.78 is 23.0. The molecule has 0 spiro atoms. The van der Waals surface area contributed by atoms with Crippen molar-refractivity contribution in [2.75, 3.05) is 34.6 Å². The zero-order valence-corrected chi connectivity index (χ0v) is 18.4. The van der Waals surface area contributed by atoms with Gasteiger partial charge in [0.25, 0.3) is 5.56 Å². The Labute approximate surface area is 188 Å². The van der Waals surface area contributed by atoms with Crippen molar-refractivity contribution in [3.05, 3.63) is 67.9 Å². The lowest BCUT2D eigenvalue weighted by molar-refractivity contribution is -0.908. The van der Waals surface area contributed by atoms with Crippen LogP contribution in [0.2, 0.25) is 0 Å². The molecule has 3 aromatic rings. The second-order valence-corrected chi connectivity index (χ2v) is 8.01. The molecule has 0 aliphatic carbocycles. The van der Waals surface area contributed by atoms with Gasteiger partial charge in [0.1, 0.15) is 11.8 Å². The van der Waals surface area contributed by atoms with Crippen LogP contribution in [0.5, 0.6) is 28.9 Å². The Kier molecular flexibility index (Phi) is 5.01. The predicted molar refractivity (Wildman–Crippen MR) is 115 cm³/mol. The van der Waals surface area contributed by atoms with E-state index >= 15 is 0 Å². The Bertz CT molecular complexity index is 1360. The first-order valence-electron chi connectivity index (χ1n) is 10.5. The Hall–Kier alpha value is -3.92. The van der Waals surface area contributed by atoms with Crippen LogP contribution in [-0.4, -0.2) is 44.2 Å². The zero-order valence-electron chi connectivity index (χ0n) is 18.4. The van der Waals surface area contributed by atoms with Gasteiger partial charge < -0.3 is 29.0 Å². The normalized spacial score (nSPS) is 18.6. The fourth-order valence-corrected chi connectivity index (χ4v) is 4.69. The maximum Gasteiger partial charge on any atom is 0.332 e. The van der Waals surface area contributed by atoms with Crippen molar-refractivity contribution in [1.82, 2.24) is 9.55 Å². The number of hydrogen-bond acceptors (Lipinski definition) is 7. The van der Waals surface area contributed by atoms with E-state index in [9.17, 15) is 14.7 Å². The number of nitrogens with zero attached hydrogens (tertiary/aromatic N) is 1. The van der Waals surface area contributed by atoms with Crippen LogP contribution in [0.4, 0.5) is 0 Å². The predicted octanol–water partition coefficient (Wildman–Crippen LogP) is -0.494. The number of aromatic amines is 1. The molecular weight excluding hydrogens is 430 g/mol. The third kappa shape index (κ3) is 3.21. The van der Waals surface area contributed by atoms with Crippen LogP contribution in [0.3, 0.4) is 0 Å². The minimum absolute atomic E-state index is 0.0481. The molecule has 2 unspecified atom stereocenters. The molecule has 0 radical (unpaired) electrons. The minimum Gasteiger partial charge on any atom is -0.859 e. The number of fused-ring (bicyclic) bond motifs is 2. The van der Waals surface area contributed by atoms with Crippen molar-refractivity contribution in [3.63, 3.8) is 0 Å². The quantitative estimate of drug-likeness (QED) is 0.547. The summed E-state index contributed by atoms with van der Waals surface area (Å²) in [6, 6.07) is 7.74. The van der Waals surface area contributed by atoms with Gasteiger partial charge in [-0.15, -0.1) is 0 Å². The molecule has 10 heteroatoms. The second kappa shape index (κ2) is 7.89. The van der Waals surface area contributed by atoms with Gasteiger partial charge in [0.2, 0.25) is 12.5 Å². The summed E-state index contributed by atoms with van der Waals surface area (Å²) in [7, 11) is 4.90. The lowest BCUT2D eigenvalue weighted by Gasteiger charge is -2.35. The van der Waals surface area contributed by atoms with E-state index in [-0.39, 0.29) is 12.4 Å². The molecule has 0 bridgehead atoms. The van der Waals surface area contributed by atoms with Gasteiger partial charge in [0, 0.05) is 12.5 Å². The van der Waals surface area contributed by atoms with Gasteiger partial charge in [0.05, 0.1) is 44.6 Å². The Balaban J connectivity index is 1.78. The van der Waals surface area contributed by atoms with Crippen molar-refractivity contribution in [3.8, 4) is 34.6 Å². The van der Waals surface area contributed by atoms with Gasteiger partial charge in [-0.25, -0.2) is 4.79 Å². The molecule has 33 heavy (non-hydrogen) atoms. The number of methoxy groups -OCH3 is 2. The van der Waals surface area contributed by atoms with Gasteiger partial charge in [-0.3, -0.25) is 14.3 Å². The Morgan fingerprint density at radius 2 is 1.97 bits per heavy atom. The molecule has 1 aromatic heterocycles. The molecule has 0 saturated carbocycles. The highest BCUT2D eigenvalue weighted by molar-refractivity contribution is 5.63. The van der Waals surface area contributed by atoms with E-state index in [1.54, 1.807) is 24.3 Å². The summed E-state index contributed by atoms with van der Waals surface area (Å²) in [4.78, 5) is 29.0. The number of benzene rings is 2. The van der Waals surface area contributed by atoms with Gasteiger partial charge >= 0.3 is 5.69 Å². The average molecular weight is 453 g/mol. The summed E-state index contributed by atoms with van der Waals surface area (Å²) in [5.41, 5.74) is 0.309. The van der Waals surface area contributed by atoms with Crippen LogP contribution in [0.1, 0.15) is 22.7 Å². The van der Waals surface area contributed by atoms with Crippen LogP contribution in [0.15, 0.2) is 39.9 Å². The van der Waals surface area contributed by atoms with E-state index < -0.39 is 23.2 Å². The third-order valence-electron chi connectivity index (χ3n) is 6.22. The van der Waals surface area contributed by atoms with Gasteiger partial charge in [-0.2, -0.15) is 0 Å². The van der Waals surface area contributed by atoms with Crippen molar-refractivity contribution < 1.29 is 29.0 Å².